The molecule has 2 fully saturated rings. The second kappa shape index (κ2) is 6.94. The highest BCUT2D eigenvalue weighted by atomic mass is 35.5. The van der Waals surface area contributed by atoms with Crippen molar-refractivity contribution in [2.24, 2.45) is 22.8 Å². The summed E-state index contributed by atoms with van der Waals surface area (Å²) in [5.74, 6) is -0.510. The average Bonchev–Trinajstić information content (AvgIpc) is 2.55. The molecule has 0 spiro atoms. The molecule has 5 N–H and O–H groups in total. The van der Waals surface area contributed by atoms with Gasteiger partial charge in [-0.1, -0.05) is 26.0 Å². The largest absolute Gasteiger partial charge is 0.377 e. The second-order valence-corrected chi connectivity index (χ2v) is 7.42. The Balaban J connectivity index is 0.00000225. The van der Waals surface area contributed by atoms with Crippen LogP contribution >= 0.6 is 12.4 Å². The molecule has 1 aromatic rings. The van der Waals surface area contributed by atoms with E-state index >= 15 is 0 Å². The van der Waals surface area contributed by atoms with Crippen LogP contribution in [0.15, 0.2) is 24.3 Å². The lowest BCUT2D eigenvalue weighted by Crippen LogP contribution is -2.81. The molecule has 7 heteroatoms. The van der Waals surface area contributed by atoms with Crippen molar-refractivity contribution < 1.29 is 14.3 Å². The van der Waals surface area contributed by atoms with Gasteiger partial charge >= 0.3 is 0 Å². The third-order valence-corrected chi connectivity index (χ3v) is 5.65. The summed E-state index contributed by atoms with van der Waals surface area (Å²) in [6.07, 6.45) is 2.07. The smallest absolute Gasteiger partial charge is 0.245 e. The van der Waals surface area contributed by atoms with Gasteiger partial charge in [0.25, 0.3) is 0 Å². The van der Waals surface area contributed by atoms with Gasteiger partial charge in [-0.2, -0.15) is 0 Å². The van der Waals surface area contributed by atoms with Crippen LogP contribution in [0.25, 0.3) is 0 Å². The summed E-state index contributed by atoms with van der Waals surface area (Å²) >= 11 is 0. The Morgan fingerprint density at radius 2 is 1.92 bits per heavy atom. The third-order valence-electron chi connectivity index (χ3n) is 5.65. The van der Waals surface area contributed by atoms with E-state index in [1.165, 1.54) is 0 Å². The van der Waals surface area contributed by atoms with Crippen molar-refractivity contribution in [3.05, 3.63) is 29.8 Å². The molecule has 3 unspecified atom stereocenters. The molecule has 1 aliphatic carbocycles. The van der Waals surface area contributed by atoms with Crippen LogP contribution in [0.4, 0.5) is 5.69 Å². The molecule has 0 bridgehead atoms. The molecule has 3 rings (SSSR count). The minimum atomic E-state index is -0.940. The van der Waals surface area contributed by atoms with E-state index in [0.717, 1.165) is 25.0 Å². The number of amides is 2. The average molecular weight is 368 g/mol. The quantitative estimate of drug-likeness (QED) is 0.751. The first-order valence-corrected chi connectivity index (χ1v) is 8.36. The maximum absolute atomic E-state index is 12.9. The van der Waals surface area contributed by atoms with E-state index in [1.54, 1.807) is 24.3 Å². The van der Waals surface area contributed by atoms with Crippen LogP contribution in [0, 0.1) is 11.3 Å². The lowest BCUT2D eigenvalue weighted by atomic mass is 9.46. The summed E-state index contributed by atoms with van der Waals surface area (Å²) in [6, 6.07) is 7.09. The van der Waals surface area contributed by atoms with Gasteiger partial charge in [-0.3, -0.25) is 9.59 Å². The molecule has 138 valence electrons. The van der Waals surface area contributed by atoms with Gasteiger partial charge in [0.05, 0.1) is 12.5 Å². The Labute approximate surface area is 154 Å². The Hall–Kier alpha value is -1.63. The third kappa shape index (κ3) is 3.14. The summed E-state index contributed by atoms with van der Waals surface area (Å²) in [5, 5.41) is 2.92. The molecule has 6 nitrogen and oxygen atoms in total. The Kier molecular flexibility index (Phi) is 5.47. The number of nitrogens with one attached hydrogen (secondary N) is 1. The van der Waals surface area contributed by atoms with Crippen LogP contribution in [0.2, 0.25) is 0 Å². The number of benzene rings is 1. The molecule has 2 amide bonds. The van der Waals surface area contributed by atoms with E-state index in [4.69, 9.17) is 16.2 Å². The van der Waals surface area contributed by atoms with Crippen molar-refractivity contribution in [2.75, 3.05) is 11.9 Å². The molecule has 0 aromatic heterocycles. The molecule has 2 aliphatic rings. The number of hydrogen-bond acceptors (Lipinski definition) is 4. The molecule has 1 aromatic carbocycles. The standard InChI is InChI=1S/C18H25N3O3.ClH/c1-17(2)15-13(4-3-9-24-15)18(17,20)16(23)21-12-7-5-11(6-8-12)10-14(19)22;/h5-8,13,15H,3-4,9-10,20H2,1-2H3,(H2,19,22)(H,21,23);1H. The monoisotopic (exact) mass is 367 g/mol. The molecule has 0 radical (unpaired) electrons. The highest BCUT2D eigenvalue weighted by Crippen LogP contribution is 2.57. The molecule has 1 heterocycles. The minimum Gasteiger partial charge on any atom is -0.377 e. The fraction of sp³-hybridized carbons (Fsp3) is 0.556. The fourth-order valence-corrected chi connectivity index (χ4v) is 4.18. The van der Waals surface area contributed by atoms with E-state index in [2.05, 4.69) is 5.32 Å². The number of fused-ring (bicyclic) bond motifs is 1. The SMILES string of the molecule is CC1(C)C2OCCCC2C1(N)C(=O)Nc1ccc(CC(N)=O)cc1.Cl. The number of anilines is 1. The predicted molar refractivity (Wildman–Crippen MR) is 98.4 cm³/mol. The van der Waals surface area contributed by atoms with Gasteiger partial charge in [-0.05, 0) is 30.5 Å². The molecule has 3 atom stereocenters. The zero-order valence-corrected chi connectivity index (χ0v) is 15.4. The maximum atomic E-state index is 12.9. The van der Waals surface area contributed by atoms with E-state index in [0.29, 0.717) is 5.69 Å². The second-order valence-electron chi connectivity index (χ2n) is 7.42. The van der Waals surface area contributed by atoms with Crippen molar-refractivity contribution in [3.8, 4) is 0 Å². The molecule has 1 aliphatic heterocycles. The van der Waals surface area contributed by atoms with Crippen LogP contribution < -0.4 is 16.8 Å². The van der Waals surface area contributed by atoms with E-state index in [1.807, 2.05) is 13.8 Å². The van der Waals surface area contributed by atoms with E-state index in [-0.39, 0.29) is 42.7 Å². The normalized spacial score (nSPS) is 29.6. The number of carbonyl (C=O) groups is 2. The number of ether oxygens (including phenoxy) is 1. The number of rotatable bonds is 4. The summed E-state index contributed by atoms with van der Waals surface area (Å²) in [6.45, 7) is 4.73. The number of hydrogen-bond donors (Lipinski definition) is 3. The van der Waals surface area contributed by atoms with Gasteiger partial charge in [0, 0.05) is 23.6 Å². The molecule has 1 saturated carbocycles. The fourth-order valence-electron chi connectivity index (χ4n) is 4.18. The van der Waals surface area contributed by atoms with Crippen molar-refractivity contribution in [3.63, 3.8) is 0 Å². The van der Waals surface area contributed by atoms with Gasteiger partial charge < -0.3 is 21.5 Å². The Morgan fingerprint density at radius 1 is 1.28 bits per heavy atom. The van der Waals surface area contributed by atoms with Gasteiger partial charge in [-0.25, -0.2) is 0 Å². The van der Waals surface area contributed by atoms with Crippen molar-refractivity contribution >= 4 is 29.9 Å². The predicted octanol–water partition coefficient (Wildman–Crippen LogP) is 1.61. The first kappa shape index (κ1) is 19.7. The lowest BCUT2D eigenvalue weighted by molar-refractivity contribution is -0.222. The Bertz CT molecular complexity index is 662. The van der Waals surface area contributed by atoms with Crippen LogP contribution in [0.3, 0.4) is 0 Å². The molecule has 1 saturated heterocycles. The maximum Gasteiger partial charge on any atom is 0.245 e. The van der Waals surface area contributed by atoms with Crippen molar-refractivity contribution in [2.45, 2.75) is 44.8 Å². The molecular weight excluding hydrogens is 342 g/mol. The lowest BCUT2D eigenvalue weighted by Gasteiger charge is -2.65. The van der Waals surface area contributed by atoms with Gasteiger partial charge in [0.2, 0.25) is 11.8 Å². The number of halogens is 1. The van der Waals surface area contributed by atoms with Crippen molar-refractivity contribution in [1.82, 2.24) is 0 Å². The summed E-state index contributed by atoms with van der Waals surface area (Å²) in [5.41, 5.74) is 11.9. The highest BCUT2D eigenvalue weighted by Gasteiger charge is 2.70. The van der Waals surface area contributed by atoms with E-state index in [9.17, 15) is 9.59 Å². The Morgan fingerprint density at radius 3 is 2.52 bits per heavy atom. The van der Waals surface area contributed by atoms with Gasteiger partial charge in [-0.15, -0.1) is 12.4 Å². The summed E-state index contributed by atoms with van der Waals surface area (Å²) in [7, 11) is 0. The first-order valence-electron chi connectivity index (χ1n) is 8.36. The van der Waals surface area contributed by atoms with Crippen LogP contribution in [-0.2, 0) is 20.7 Å². The minimum absolute atomic E-state index is 0. The number of carbonyl (C=O) groups excluding carboxylic acids is 2. The molecule has 25 heavy (non-hydrogen) atoms. The summed E-state index contributed by atoms with van der Waals surface area (Å²) in [4.78, 5) is 23.8. The molecular formula is C18H26ClN3O3. The van der Waals surface area contributed by atoms with Crippen LogP contribution in [0.1, 0.15) is 32.3 Å². The highest BCUT2D eigenvalue weighted by molar-refractivity contribution is 6.00. The van der Waals surface area contributed by atoms with Crippen LogP contribution in [0.5, 0.6) is 0 Å². The number of nitrogens with two attached hydrogens (primary N) is 2. The van der Waals surface area contributed by atoms with Crippen LogP contribution in [-0.4, -0.2) is 30.1 Å². The zero-order valence-electron chi connectivity index (χ0n) is 14.6. The topological polar surface area (TPSA) is 107 Å². The first-order chi connectivity index (χ1) is 11.3. The van der Waals surface area contributed by atoms with Crippen molar-refractivity contribution in [1.29, 1.82) is 0 Å². The zero-order chi connectivity index (χ0) is 17.5. The summed E-state index contributed by atoms with van der Waals surface area (Å²) < 4.78 is 5.84. The van der Waals surface area contributed by atoms with Gasteiger partial charge in [0.15, 0.2) is 0 Å². The number of primary amides is 1. The van der Waals surface area contributed by atoms with E-state index < -0.39 is 11.0 Å². The van der Waals surface area contributed by atoms with Gasteiger partial charge in [0.1, 0.15) is 5.54 Å².